The van der Waals surface area contributed by atoms with Crippen molar-refractivity contribution in [1.29, 1.82) is 0 Å². The van der Waals surface area contributed by atoms with Gasteiger partial charge in [-0.3, -0.25) is 9.59 Å². The largest absolute Gasteiger partial charge is 0.351 e. The molecule has 6 nitrogen and oxygen atoms in total. The molecule has 0 radical (unpaired) electrons. The Morgan fingerprint density at radius 3 is 2.42 bits per heavy atom. The van der Waals surface area contributed by atoms with Gasteiger partial charge in [-0.15, -0.1) is 0 Å². The molecule has 0 bridgehead atoms. The first kappa shape index (κ1) is 18.4. The first-order chi connectivity index (χ1) is 11.6. The molecule has 4 N–H and O–H groups in total. The van der Waals surface area contributed by atoms with Crippen LogP contribution in [0, 0.1) is 0 Å². The predicted octanol–water partition coefficient (Wildman–Crippen LogP) is -1.68. The van der Waals surface area contributed by atoms with Crippen molar-refractivity contribution in [3.05, 3.63) is 30.3 Å². The highest BCUT2D eigenvalue weighted by atomic mass is 16.2. The second-order valence-corrected chi connectivity index (χ2v) is 6.51. The van der Waals surface area contributed by atoms with E-state index in [9.17, 15) is 9.59 Å². The van der Waals surface area contributed by atoms with Crippen molar-refractivity contribution < 1.29 is 19.4 Å². The summed E-state index contributed by atoms with van der Waals surface area (Å²) in [5.74, 6) is 0.186. The van der Waals surface area contributed by atoms with Crippen molar-refractivity contribution in [3.63, 3.8) is 0 Å². The lowest BCUT2D eigenvalue weighted by Gasteiger charge is -2.32. The SMILES string of the molecule is CCCNC(=O)C[NH+]1CC[NH+]([C@@H](C)C(=O)Nc2ccccc2)CC1. The molecule has 1 aliphatic rings. The van der Waals surface area contributed by atoms with Crippen molar-refractivity contribution in [3.8, 4) is 0 Å². The summed E-state index contributed by atoms with van der Waals surface area (Å²) >= 11 is 0. The molecular weight excluding hydrogens is 304 g/mol. The Balaban J connectivity index is 1.75. The minimum absolute atomic E-state index is 0.0559. The molecule has 0 aromatic heterocycles. The van der Waals surface area contributed by atoms with Gasteiger partial charge in [0.15, 0.2) is 12.6 Å². The van der Waals surface area contributed by atoms with Crippen LogP contribution in [0.4, 0.5) is 5.69 Å². The van der Waals surface area contributed by atoms with Crippen LogP contribution in [-0.2, 0) is 9.59 Å². The zero-order chi connectivity index (χ0) is 17.4. The number of anilines is 1. The molecule has 0 saturated carbocycles. The normalized spacial score (nSPS) is 21.8. The predicted molar refractivity (Wildman–Crippen MR) is 94.1 cm³/mol. The van der Waals surface area contributed by atoms with E-state index in [1.807, 2.05) is 37.3 Å². The molecule has 6 heteroatoms. The Morgan fingerprint density at radius 1 is 1.12 bits per heavy atom. The Kier molecular flexibility index (Phi) is 7.21. The second kappa shape index (κ2) is 9.39. The summed E-state index contributed by atoms with van der Waals surface area (Å²) in [5.41, 5.74) is 0.839. The number of para-hydroxylation sites is 1. The molecule has 1 atom stereocenters. The van der Waals surface area contributed by atoms with Crippen LogP contribution in [0.3, 0.4) is 0 Å². The number of hydrogen-bond donors (Lipinski definition) is 4. The van der Waals surface area contributed by atoms with Crippen LogP contribution in [0.2, 0.25) is 0 Å². The van der Waals surface area contributed by atoms with Crippen molar-refractivity contribution in [2.45, 2.75) is 26.3 Å². The van der Waals surface area contributed by atoms with E-state index >= 15 is 0 Å². The highest BCUT2D eigenvalue weighted by Gasteiger charge is 2.31. The van der Waals surface area contributed by atoms with Gasteiger partial charge < -0.3 is 20.4 Å². The third-order valence-corrected chi connectivity index (χ3v) is 4.63. The van der Waals surface area contributed by atoms with E-state index in [-0.39, 0.29) is 17.9 Å². The van der Waals surface area contributed by atoms with E-state index in [0.717, 1.165) is 44.8 Å². The average molecular weight is 334 g/mol. The van der Waals surface area contributed by atoms with Gasteiger partial charge in [0, 0.05) is 12.2 Å². The van der Waals surface area contributed by atoms with Gasteiger partial charge in [0.1, 0.15) is 26.2 Å². The number of rotatable bonds is 7. The molecule has 24 heavy (non-hydrogen) atoms. The fraction of sp³-hybridized carbons (Fsp3) is 0.556. The monoisotopic (exact) mass is 334 g/mol. The van der Waals surface area contributed by atoms with Crippen molar-refractivity contribution >= 4 is 17.5 Å². The molecule has 132 valence electrons. The fourth-order valence-electron chi connectivity index (χ4n) is 3.05. The lowest BCUT2D eigenvalue weighted by atomic mass is 10.2. The van der Waals surface area contributed by atoms with Gasteiger partial charge >= 0.3 is 0 Å². The van der Waals surface area contributed by atoms with Gasteiger partial charge in [0.05, 0.1) is 0 Å². The van der Waals surface area contributed by atoms with Gasteiger partial charge in [-0.25, -0.2) is 0 Å². The fourth-order valence-corrected chi connectivity index (χ4v) is 3.05. The topological polar surface area (TPSA) is 67.1 Å². The van der Waals surface area contributed by atoms with E-state index in [1.165, 1.54) is 9.80 Å². The van der Waals surface area contributed by atoms with Gasteiger partial charge in [-0.2, -0.15) is 0 Å². The Morgan fingerprint density at radius 2 is 1.79 bits per heavy atom. The molecule has 1 aromatic rings. The molecule has 1 aromatic carbocycles. The number of amides is 2. The molecule has 0 aliphatic carbocycles. The highest BCUT2D eigenvalue weighted by molar-refractivity contribution is 5.93. The number of piperazine rings is 1. The molecule has 1 saturated heterocycles. The first-order valence-electron chi connectivity index (χ1n) is 8.91. The summed E-state index contributed by atoms with van der Waals surface area (Å²) in [7, 11) is 0. The van der Waals surface area contributed by atoms with Crippen LogP contribution >= 0.6 is 0 Å². The molecule has 2 rings (SSSR count). The lowest BCUT2D eigenvalue weighted by Crippen LogP contribution is -3.30. The molecule has 1 heterocycles. The zero-order valence-corrected chi connectivity index (χ0v) is 14.7. The summed E-state index contributed by atoms with van der Waals surface area (Å²) in [6, 6.07) is 9.48. The summed E-state index contributed by atoms with van der Waals surface area (Å²) in [6.45, 7) is 9.01. The molecule has 0 spiro atoms. The van der Waals surface area contributed by atoms with Crippen LogP contribution in [0.5, 0.6) is 0 Å². The minimum atomic E-state index is -0.0827. The number of nitrogens with one attached hydrogen (secondary N) is 4. The standard InChI is InChI=1S/C18H28N4O2/c1-3-9-19-17(23)14-21-10-12-22(13-11-21)15(2)18(24)20-16-7-5-4-6-8-16/h4-8,15H,3,9-14H2,1-2H3,(H,19,23)(H,20,24)/p+2/t15-/m0/s1. The smallest absolute Gasteiger partial charge is 0.282 e. The number of carbonyl (C=O) groups is 2. The van der Waals surface area contributed by atoms with Crippen molar-refractivity contribution in [2.24, 2.45) is 0 Å². The maximum Gasteiger partial charge on any atom is 0.282 e. The number of hydrogen-bond acceptors (Lipinski definition) is 2. The quantitative estimate of drug-likeness (QED) is 0.481. The third-order valence-electron chi connectivity index (χ3n) is 4.63. The number of carbonyl (C=O) groups excluding carboxylic acids is 2. The van der Waals surface area contributed by atoms with Gasteiger partial charge in [-0.05, 0) is 25.5 Å². The maximum atomic E-state index is 12.4. The molecule has 0 unspecified atom stereocenters. The van der Waals surface area contributed by atoms with Crippen LogP contribution < -0.4 is 20.4 Å². The third kappa shape index (κ3) is 5.62. The second-order valence-electron chi connectivity index (χ2n) is 6.51. The molecule has 1 aliphatic heterocycles. The van der Waals surface area contributed by atoms with Crippen molar-refractivity contribution in [1.82, 2.24) is 5.32 Å². The van der Waals surface area contributed by atoms with E-state index in [0.29, 0.717) is 6.54 Å². The molecular formula is C18H30N4O2+2. The van der Waals surface area contributed by atoms with Crippen LogP contribution in [0.15, 0.2) is 30.3 Å². The summed E-state index contributed by atoms with van der Waals surface area (Å²) in [4.78, 5) is 26.8. The van der Waals surface area contributed by atoms with E-state index < -0.39 is 0 Å². The highest BCUT2D eigenvalue weighted by Crippen LogP contribution is 2.04. The van der Waals surface area contributed by atoms with Crippen LogP contribution in [0.25, 0.3) is 0 Å². The Hall–Kier alpha value is -1.92. The van der Waals surface area contributed by atoms with Gasteiger partial charge in [0.25, 0.3) is 11.8 Å². The molecule has 1 fully saturated rings. The number of quaternary nitrogens is 2. The van der Waals surface area contributed by atoms with Crippen molar-refractivity contribution in [2.75, 3.05) is 44.6 Å². The van der Waals surface area contributed by atoms with Crippen LogP contribution in [-0.4, -0.2) is 57.1 Å². The van der Waals surface area contributed by atoms with E-state index in [4.69, 9.17) is 0 Å². The Labute approximate surface area is 144 Å². The minimum Gasteiger partial charge on any atom is -0.351 e. The average Bonchev–Trinajstić information content (AvgIpc) is 2.61. The van der Waals surface area contributed by atoms with E-state index in [2.05, 4.69) is 17.6 Å². The van der Waals surface area contributed by atoms with Gasteiger partial charge in [0.2, 0.25) is 0 Å². The lowest BCUT2D eigenvalue weighted by molar-refractivity contribution is -1.01. The number of benzene rings is 1. The zero-order valence-electron chi connectivity index (χ0n) is 14.7. The summed E-state index contributed by atoms with van der Waals surface area (Å²) in [6.07, 6.45) is 0.965. The maximum absolute atomic E-state index is 12.4. The molecule has 2 amide bonds. The summed E-state index contributed by atoms with van der Waals surface area (Å²) in [5, 5.41) is 5.90. The Bertz CT molecular complexity index is 527. The van der Waals surface area contributed by atoms with E-state index in [1.54, 1.807) is 0 Å². The van der Waals surface area contributed by atoms with Gasteiger partial charge in [-0.1, -0.05) is 25.1 Å². The van der Waals surface area contributed by atoms with Crippen LogP contribution in [0.1, 0.15) is 20.3 Å². The first-order valence-corrected chi connectivity index (χ1v) is 8.91. The summed E-state index contributed by atoms with van der Waals surface area (Å²) < 4.78 is 0.